The fourth-order valence-corrected chi connectivity index (χ4v) is 3.99. The molecule has 0 aliphatic rings. The van der Waals surface area contributed by atoms with Crippen LogP contribution >= 0.6 is 0 Å². The topological polar surface area (TPSA) is 182 Å². The first-order valence-corrected chi connectivity index (χ1v) is 13.3. The van der Waals surface area contributed by atoms with Gasteiger partial charge >= 0.3 is 11.9 Å². The lowest BCUT2D eigenvalue weighted by Crippen LogP contribution is -2.50. The van der Waals surface area contributed by atoms with E-state index in [0.717, 1.165) is 5.56 Å². The lowest BCUT2D eigenvalue weighted by Gasteiger charge is -2.28. The lowest BCUT2D eigenvalue weighted by molar-refractivity contribution is -0.144. The average Bonchev–Trinajstić information content (AvgIpc) is 2.84. The minimum atomic E-state index is -1.45. The van der Waals surface area contributed by atoms with Gasteiger partial charge in [0, 0.05) is 25.3 Å². The summed E-state index contributed by atoms with van der Waals surface area (Å²) in [7, 11) is 0. The summed E-state index contributed by atoms with van der Waals surface area (Å²) in [6.45, 7) is 7.85. The van der Waals surface area contributed by atoms with Crippen molar-refractivity contribution in [1.82, 2.24) is 16.0 Å². The minimum Gasteiger partial charge on any atom is -0.481 e. The Labute approximate surface area is 229 Å². The molecule has 1 aromatic rings. The van der Waals surface area contributed by atoms with E-state index in [-0.39, 0.29) is 49.8 Å². The van der Waals surface area contributed by atoms with Gasteiger partial charge < -0.3 is 31.3 Å². The Morgan fingerprint density at radius 2 is 1.46 bits per heavy atom. The molecule has 3 amide bonds. The van der Waals surface area contributed by atoms with E-state index in [9.17, 15) is 34.2 Å². The van der Waals surface area contributed by atoms with Gasteiger partial charge in [0.2, 0.25) is 17.7 Å². The molecule has 0 saturated heterocycles. The standard InChI is InChI=1S/C28H43N3O8/c1-17(2)12-24(33)31-22(28(38)39)15-25(34)30-21(13-19-8-6-5-7-9-19)23(32)14-20(10-11-26(35)36)27(37)29-16-18(3)4/h5-9,17-18,20-23,32H,10-16H2,1-4H3,(H,29,37)(H,30,34)(H,31,33)(H,35,36)(H,38,39)/t20-,21+,22?,23+/m1/s1. The van der Waals surface area contributed by atoms with Crippen LogP contribution in [0.5, 0.6) is 0 Å². The second-order valence-electron chi connectivity index (χ2n) is 10.7. The second-order valence-corrected chi connectivity index (χ2v) is 10.7. The summed E-state index contributed by atoms with van der Waals surface area (Å²) in [5, 5.41) is 37.6. The summed E-state index contributed by atoms with van der Waals surface area (Å²) in [4.78, 5) is 60.6. The van der Waals surface area contributed by atoms with Gasteiger partial charge in [-0.1, -0.05) is 58.0 Å². The molecule has 0 bridgehead atoms. The number of carboxylic acids is 2. The summed E-state index contributed by atoms with van der Waals surface area (Å²) < 4.78 is 0. The molecule has 0 spiro atoms. The molecule has 0 aromatic heterocycles. The van der Waals surface area contributed by atoms with E-state index in [4.69, 9.17) is 5.11 Å². The molecule has 0 radical (unpaired) electrons. The number of aliphatic hydroxyl groups is 1. The number of aliphatic hydroxyl groups excluding tert-OH is 1. The first kappa shape index (κ1) is 33.6. The molecule has 1 aromatic carbocycles. The van der Waals surface area contributed by atoms with Crippen LogP contribution in [0.1, 0.15) is 65.4 Å². The van der Waals surface area contributed by atoms with Crippen LogP contribution in [0.4, 0.5) is 0 Å². The number of hydrogen-bond donors (Lipinski definition) is 6. The van der Waals surface area contributed by atoms with Gasteiger partial charge in [-0.15, -0.1) is 0 Å². The van der Waals surface area contributed by atoms with Crippen LogP contribution in [-0.4, -0.2) is 69.7 Å². The second kappa shape index (κ2) is 17.2. The number of amides is 3. The molecule has 218 valence electrons. The van der Waals surface area contributed by atoms with Crippen molar-refractivity contribution in [3.8, 4) is 0 Å². The van der Waals surface area contributed by atoms with E-state index in [1.54, 1.807) is 24.3 Å². The van der Waals surface area contributed by atoms with E-state index >= 15 is 0 Å². The quantitative estimate of drug-likeness (QED) is 0.160. The minimum absolute atomic E-state index is 0.00508. The van der Waals surface area contributed by atoms with Crippen molar-refractivity contribution in [2.75, 3.05) is 6.54 Å². The third-order valence-electron chi connectivity index (χ3n) is 6.01. The monoisotopic (exact) mass is 549 g/mol. The molecule has 0 fully saturated rings. The van der Waals surface area contributed by atoms with Crippen molar-refractivity contribution in [3.63, 3.8) is 0 Å². The predicted octanol–water partition coefficient (Wildman–Crippen LogP) is 1.72. The Balaban J connectivity index is 3.06. The fraction of sp³-hybridized carbons (Fsp3) is 0.607. The van der Waals surface area contributed by atoms with Crippen molar-refractivity contribution in [2.24, 2.45) is 17.8 Å². The molecule has 4 atom stereocenters. The normalized spacial score (nSPS) is 14.2. The number of nitrogens with one attached hydrogen (secondary N) is 3. The van der Waals surface area contributed by atoms with Crippen LogP contribution in [0.25, 0.3) is 0 Å². The summed E-state index contributed by atoms with van der Waals surface area (Å²) in [6.07, 6.45) is -1.86. The highest BCUT2D eigenvalue weighted by molar-refractivity contribution is 5.88. The summed E-state index contributed by atoms with van der Waals surface area (Å²) in [5.74, 6) is -4.63. The first-order chi connectivity index (χ1) is 18.3. The van der Waals surface area contributed by atoms with E-state index in [1.165, 1.54) is 0 Å². The first-order valence-electron chi connectivity index (χ1n) is 13.3. The number of carbonyl (C=O) groups excluding carboxylic acids is 3. The number of carboxylic acid groups (broad SMARTS) is 2. The summed E-state index contributed by atoms with van der Waals surface area (Å²) in [5.41, 5.74) is 0.785. The van der Waals surface area contributed by atoms with Gasteiger partial charge in [0.1, 0.15) is 6.04 Å². The highest BCUT2D eigenvalue weighted by Crippen LogP contribution is 2.19. The number of carbonyl (C=O) groups is 5. The predicted molar refractivity (Wildman–Crippen MR) is 145 cm³/mol. The molecule has 0 heterocycles. The summed E-state index contributed by atoms with van der Waals surface area (Å²) in [6, 6.07) is 6.65. The van der Waals surface area contributed by atoms with Crippen LogP contribution in [0, 0.1) is 17.8 Å². The van der Waals surface area contributed by atoms with Crippen LogP contribution in [0.3, 0.4) is 0 Å². The Morgan fingerprint density at radius 3 is 2.00 bits per heavy atom. The van der Waals surface area contributed by atoms with Crippen molar-refractivity contribution < 1.29 is 39.3 Å². The molecular weight excluding hydrogens is 506 g/mol. The lowest BCUT2D eigenvalue weighted by atomic mass is 9.89. The highest BCUT2D eigenvalue weighted by atomic mass is 16.4. The molecule has 1 rings (SSSR count). The van der Waals surface area contributed by atoms with Gasteiger partial charge in [0.25, 0.3) is 0 Å². The van der Waals surface area contributed by atoms with Gasteiger partial charge in [-0.25, -0.2) is 4.79 Å². The SMILES string of the molecule is CC(C)CNC(=O)[C@H](CCC(=O)O)C[C@H](O)[C@H](Cc1ccccc1)NC(=O)CC(NC(=O)CC(C)C)C(=O)O. The maximum Gasteiger partial charge on any atom is 0.326 e. The van der Waals surface area contributed by atoms with Crippen molar-refractivity contribution >= 4 is 29.7 Å². The average molecular weight is 550 g/mol. The third kappa shape index (κ3) is 14.3. The maximum absolute atomic E-state index is 12.9. The Kier molecular flexibility index (Phi) is 14.8. The molecule has 11 nitrogen and oxygen atoms in total. The van der Waals surface area contributed by atoms with Crippen LogP contribution in [0.15, 0.2) is 30.3 Å². The van der Waals surface area contributed by atoms with Gasteiger partial charge in [-0.05, 0) is 36.7 Å². The van der Waals surface area contributed by atoms with Crippen molar-refractivity contribution in [1.29, 1.82) is 0 Å². The molecule has 0 aliphatic heterocycles. The number of hydrogen-bond acceptors (Lipinski definition) is 6. The Morgan fingerprint density at radius 1 is 0.846 bits per heavy atom. The van der Waals surface area contributed by atoms with Gasteiger partial charge in [0.05, 0.1) is 18.6 Å². The van der Waals surface area contributed by atoms with Crippen LogP contribution in [0.2, 0.25) is 0 Å². The third-order valence-corrected chi connectivity index (χ3v) is 6.01. The van der Waals surface area contributed by atoms with E-state index in [1.807, 2.05) is 33.8 Å². The zero-order valence-corrected chi connectivity index (χ0v) is 23.2. The molecule has 11 heteroatoms. The van der Waals surface area contributed by atoms with Crippen LogP contribution < -0.4 is 16.0 Å². The number of rotatable bonds is 18. The van der Waals surface area contributed by atoms with Crippen LogP contribution in [-0.2, 0) is 30.4 Å². The van der Waals surface area contributed by atoms with Gasteiger partial charge in [0.15, 0.2) is 0 Å². The zero-order chi connectivity index (χ0) is 29.5. The fourth-order valence-electron chi connectivity index (χ4n) is 3.99. The largest absolute Gasteiger partial charge is 0.481 e. The smallest absolute Gasteiger partial charge is 0.326 e. The molecule has 0 saturated carbocycles. The molecule has 39 heavy (non-hydrogen) atoms. The van der Waals surface area contributed by atoms with E-state index < -0.39 is 54.3 Å². The molecular formula is C28H43N3O8. The highest BCUT2D eigenvalue weighted by Gasteiger charge is 2.30. The Bertz CT molecular complexity index is 951. The Hall–Kier alpha value is -3.47. The summed E-state index contributed by atoms with van der Waals surface area (Å²) >= 11 is 0. The van der Waals surface area contributed by atoms with Crippen molar-refractivity contribution in [3.05, 3.63) is 35.9 Å². The number of benzene rings is 1. The van der Waals surface area contributed by atoms with Gasteiger partial charge in [-0.2, -0.15) is 0 Å². The zero-order valence-electron chi connectivity index (χ0n) is 23.2. The van der Waals surface area contributed by atoms with E-state index in [0.29, 0.717) is 6.54 Å². The maximum atomic E-state index is 12.9. The number of aliphatic carboxylic acids is 2. The van der Waals surface area contributed by atoms with Crippen molar-refractivity contribution in [2.45, 2.75) is 84.4 Å². The molecule has 0 aliphatic carbocycles. The van der Waals surface area contributed by atoms with Gasteiger partial charge in [-0.3, -0.25) is 19.2 Å². The molecule has 6 N–H and O–H groups in total. The van der Waals surface area contributed by atoms with E-state index in [2.05, 4.69) is 16.0 Å². The molecule has 1 unspecified atom stereocenters.